The molecule has 1 aromatic heterocycles. The molecule has 2 N–H and O–H groups in total. The second kappa shape index (κ2) is 7.63. The van der Waals surface area contributed by atoms with Crippen LogP contribution in [0.3, 0.4) is 0 Å². The highest BCUT2D eigenvalue weighted by Crippen LogP contribution is 2.26. The van der Waals surface area contributed by atoms with Crippen LogP contribution in [0.25, 0.3) is 0 Å². The number of aromatic carboxylic acids is 1. The number of halogens is 1. The Morgan fingerprint density at radius 3 is 2.64 bits per heavy atom. The Morgan fingerprint density at radius 1 is 1.28 bits per heavy atom. The maximum absolute atomic E-state index is 11.8. The number of carboxylic acid groups (broad SMARTS) is 1. The lowest BCUT2D eigenvalue weighted by Gasteiger charge is -2.13. The number of hydrogen-bond acceptors (Lipinski definition) is 2. The van der Waals surface area contributed by atoms with Crippen molar-refractivity contribution in [3.05, 3.63) is 57.4 Å². The van der Waals surface area contributed by atoms with E-state index in [0.29, 0.717) is 29.7 Å². The highest BCUT2D eigenvalue weighted by Gasteiger charge is 2.24. The highest BCUT2D eigenvalue weighted by atomic mass is 35.5. The van der Waals surface area contributed by atoms with Crippen LogP contribution in [0.15, 0.2) is 24.3 Å². The molecule has 1 aliphatic carbocycles. The molecule has 3 rings (SSSR count). The van der Waals surface area contributed by atoms with Crippen molar-refractivity contribution in [1.82, 2.24) is 9.88 Å². The van der Waals surface area contributed by atoms with Crippen LogP contribution in [0.1, 0.15) is 58.6 Å². The summed E-state index contributed by atoms with van der Waals surface area (Å²) in [5.41, 5.74) is 4.22. The number of nitrogens with zero attached hydrogens (tertiary/aromatic N) is 1. The number of carboxylic acids is 1. The average Bonchev–Trinajstić information content (AvgIpc) is 3.15. The molecule has 4 nitrogen and oxygen atoms in total. The fraction of sp³-hybridized carbons (Fsp3) is 0.450. The predicted octanol–water partition coefficient (Wildman–Crippen LogP) is 4.54. The summed E-state index contributed by atoms with van der Waals surface area (Å²) in [6, 6.07) is 8.23. The minimum Gasteiger partial charge on any atom is -0.478 e. The van der Waals surface area contributed by atoms with Gasteiger partial charge in [-0.25, -0.2) is 4.79 Å². The summed E-state index contributed by atoms with van der Waals surface area (Å²) in [5, 5.41) is 14.0. The molecule has 1 saturated carbocycles. The van der Waals surface area contributed by atoms with Gasteiger partial charge in [-0.1, -0.05) is 36.6 Å². The van der Waals surface area contributed by atoms with Gasteiger partial charge in [-0.15, -0.1) is 0 Å². The molecule has 1 fully saturated rings. The van der Waals surface area contributed by atoms with Gasteiger partial charge in [0.25, 0.3) is 0 Å². The molecule has 25 heavy (non-hydrogen) atoms. The van der Waals surface area contributed by atoms with E-state index in [1.807, 2.05) is 38.1 Å². The van der Waals surface area contributed by atoms with Gasteiger partial charge in [0.2, 0.25) is 0 Å². The van der Waals surface area contributed by atoms with Crippen LogP contribution >= 0.6 is 11.6 Å². The monoisotopic (exact) mass is 360 g/mol. The molecule has 134 valence electrons. The summed E-state index contributed by atoms with van der Waals surface area (Å²) >= 11 is 6.09. The van der Waals surface area contributed by atoms with E-state index in [4.69, 9.17) is 11.6 Å². The van der Waals surface area contributed by atoms with Crippen LogP contribution < -0.4 is 5.32 Å². The van der Waals surface area contributed by atoms with Crippen molar-refractivity contribution in [3.63, 3.8) is 0 Å². The predicted molar refractivity (Wildman–Crippen MR) is 101 cm³/mol. The number of benzene rings is 1. The summed E-state index contributed by atoms with van der Waals surface area (Å²) in [5.74, 6) is -0.853. The van der Waals surface area contributed by atoms with Crippen molar-refractivity contribution in [1.29, 1.82) is 0 Å². The molecule has 1 aliphatic rings. The quantitative estimate of drug-likeness (QED) is 0.795. The zero-order chi connectivity index (χ0) is 18.0. The van der Waals surface area contributed by atoms with Crippen LogP contribution in [0.5, 0.6) is 0 Å². The van der Waals surface area contributed by atoms with Gasteiger partial charge >= 0.3 is 5.97 Å². The lowest BCUT2D eigenvalue weighted by Crippen LogP contribution is -2.26. The molecule has 0 amide bonds. The molecule has 0 bridgehead atoms. The standard InChI is InChI=1S/C20H25ClN2O2/c1-13-18(11-22-17-8-3-4-9-17)19(20(24)25)14(2)23(13)12-15-6-5-7-16(21)10-15/h5-7,10,17,22H,3-4,8-9,11-12H2,1-2H3,(H,24,25). The highest BCUT2D eigenvalue weighted by molar-refractivity contribution is 6.30. The van der Waals surface area contributed by atoms with E-state index in [-0.39, 0.29) is 0 Å². The van der Waals surface area contributed by atoms with Crippen molar-refractivity contribution in [2.24, 2.45) is 0 Å². The Balaban J connectivity index is 1.90. The molecule has 0 unspecified atom stereocenters. The average molecular weight is 361 g/mol. The van der Waals surface area contributed by atoms with Crippen molar-refractivity contribution < 1.29 is 9.90 Å². The second-order valence-electron chi connectivity index (χ2n) is 6.91. The summed E-state index contributed by atoms with van der Waals surface area (Å²) in [4.78, 5) is 11.8. The van der Waals surface area contributed by atoms with E-state index >= 15 is 0 Å². The first-order chi connectivity index (χ1) is 12.0. The second-order valence-corrected chi connectivity index (χ2v) is 7.34. The van der Waals surface area contributed by atoms with Crippen molar-refractivity contribution in [3.8, 4) is 0 Å². The van der Waals surface area contributed by atoms with E-state index in [1.165, 1.54) is 25.7 Å². The van der Waals surface area contributed by atoms with Crippen LogP contribution in [-0.2, 0) is 13.1 Å². The van der Waals surface area contributed by atoms with Gasteiger partial charge < -0.3 is 15.0 Å². The number of carbonyl (C=O) groups is 1. The van der Waals surface area contributed by atoms with Gasteiger partial charge in [0.1, 0.15) is 0 Å². The van der Waals surface area contributed by atoms with Crippen molar-refractivity contribution in [2.45, 2.75) is 58.7 Å². The Kier molecular flexibility index (Phi) is 5.50. The zero-order valence-corrected chi connectivity index (χ0v) is 15.6. The SMILES string of the molecule is Cc1c(CNC2CCCC2)c(C(=O)O)c(C)n1Cc1cccc(Cl)c1. The minimum atomic E-state index is -0.853. The summed E-state index contributed by atoms with van der Waals surface area (Å²) in [7, 11) is 0. The molecular formula is C20H25ClN2O2. The molecule has 0 atom stereocenters. The Hall–Kier alpha value is -1.78. The van der Waals surface area contributed by atoms with Crippen LogP contribution in [0.4, 0.5) is 0 Å². The largest absolute Gasteiger partial charge is 0.478 e. The number of rotatable bonds is 6. The number of nitrogens with one attached hydrogen (secondary N) is 1. The van der Waals surface area contributed by atoms with Crippen LogP contribution in [0, 0.1) is 13.8 Å². The van der Waals surface area contributed by atoms with Gasteiger partial charge in [0, 0.05) is 41.1 Å². The topological polar surface area (TPSA) is 54.3 Å². The summed E-state index contributed by atoms with van der Waals surface area (Å²) in [6.07, 6.45) is 4.89. The first-order valence-corrected chi connectivity index (χ1v) is 9.25. The molecule has 0 aliphatic heterocycles. The van der Waals surface area contributed by atoms with E-state index in [1.54, 1.807) is 0 Å². The third-order valence-electron chi connectivity index (χ3n) is 5.28. The molecule has 0 radical (unpaired) electrons. The Labute approximate surface area is 153 Å². The molecule has 1 aromatic carbocycles. The fourth-order valence-corrected chi connectivity index (χ4v) is 4.09. The normalized spacial score (nSPS) is 15.0. The fourth-order valence-electron chi connectivity index (χ4n) is 3.88. The lowest BCUT2D eigenvalue weighted by molar-refractivity contribution is 0.0694. The van der Waals surface area contributed by atoms with Crippen LogP contribution in [-0.4, -0.2) is 21.7 Å². The minimum absolute atomic E-state index is 0.435. The van der Waals surface area contributed by atoms with Crippen molar-refractivity contribution in [2.75, 3.05) is 0 Å². The molecular weight excluding hydrogens is 336 g/mol. The molecule has 5 heteroatoms. The maximum atomic E-state index is 11.8. The third-order valence-corrected chi connectivity index (χ3v) is 5.51. The maximum Gasteiger partial charge on any atom is 0.337 e. The molecule has 0 saturated heterocycles. The Morgan fingerprint density at radius 2 is 2.00 bits per heavy atom. The summed E-state index contributed by atoms with van der Waals surface area (Å²) in [6.45, 7) is 5.14. The van der Waals surface area contributed by atoms with Gasteiger partial charge in [0.05, 0.1) is 5.56 Å². The molecule has 1 heterocycles. The third kappa shape index (κ3) is 3.91. The lowest BCUT2D eigenvalue weighted by atomic mass is 10.1. The zero-order valence-electron chi connectivity index (χ0n) is 14.8. The first-order valence-electron chi connectivity index (χ1n) is 8.87. The summed E-state index contributed by atoms with van der Waals surface area (Å²) < 4.78 is 2.08. The Bertz CT molecular complexity index is 776. The smallest absolute Gasteiger partial charge is 0.337 e. The van der Waals surface area contributed by atoms with Gasteiger partial charge in [-0.3, -0.25) is 0 Å². The molecule has 2 aromatic rings. The number of hydrogen-bond donors (Lipinski definition) is 2. The molecule has 0 spiro atoms. The van der Waals surface area contributed by atoms with E-state index in [2.05, 4.69) is 9.88 Å². The van der Waals surface area contributed by atoms with E-state index in [9.17, 15) is 9.90 Å². The van der Waals surface area contributed by atoms with Crippen molar-refractivity contribution >= 4 is 17.6 Å². The van der Waals surface area contributed by atoms with Crippen LogP contribution in [0.2, 0.25) is 5.02 Å². The van der Waals surface area contributed by atoms with Gasteiger partial charge in [0.15, 0.2) is 0 Å². The first kappa shape index (κ1) is 18.0. The van der Waals surface area contributed by atoms with Gasteiger partial charge in [-0.2, -0.15) is 0 Å². The van der Waals surface area contributed by atoms with E-state index in [0.717, 1.165) is 22.5 Å². The van der Waals surface area contributed by atoms with E-state index < -0.39 is 5.97 Å². The number of aromatic nitrogens is 1. The van der Waals surface area contributed by atoms with Gasteiger partial charge in [-0.05, 0) is 44.4 Å².